The Kier molecular flexibility index (Phi) is 4.22. The lowest BCUT2D eigenvalue weighted by atomic mass is 10.2. The average Bonchev–Trinajstić information content (AvgIpc) is 3.02. The van der Waals surface area contributed by atoms with Gasteiger partial charge in [-0.3, -0.25) is 0 Å². The van der Waals surface area contributed by atoms with Gasteiger partial charge < -0.3 is 4.57 Å². The van der Waals surface area contributed by atoms with Gasteiger partial charge in [0.25, 0.3) is 0 Å². The summed E-state index contributed by atoms with van der Waals surface area (Å²) in [6, 6.07) is 5.27. The lowest BCUT2D eigenvalue weighted by molar-refractivity contribution is 0.513. The van der Waals surface area contributed by atoms with Gasteiger partial charge in [-0.05, 0) is 43.7 Å². The molecule has 1 saturated carbocycles. The Morgan fingerprint density at radius 2 is 2.30 bits per heavy atom. The molecule has 1 aromatic heterocycles. The molecule has 0 radical (unpaired) electrons. The number of imidazole rings is 1. The average molecular weight is 313 g/mol. The molecule has 108 valence electrons. The molecule has 2 nitrogen and oxygen atoms in total. The van der Waals surface area contributed by atoms with E-state index in [-0.39, 0.29) is 5.82 Å². The van der Waals surface area contributed by atoms with Crippen molar-refractivity contribution in [3.8, 4) is 0 Å². The first-order chi connectivity index (χ1) is 9.72. The second kappa shape index (κ2) is 5.94. The van der Waals surface area contributed by atoms with Gasteiger partial charge in [0.2, 0.25) is 0 Å². The molecular weight excluding hydrogens is 295 g/mol. The van der Waals surface area contributed by atoms with Crippen molar-refractivity contribution in [2.75, 3.05) is 12.1 Å². The summed E-state index contributed by atoms with van der Waals surface area (Å²) in [5.74, 6) is 1.34. The van der Waals surface area contributed by atoms with E-state index >= 15 is 0 Å². The highest BCUT2D eigenvalue weighted by atomic mass is 35.5. The van der Waals surface area contributed by atoms with Crippen molar-refractivity contribution < 1.29 is 4.39 Å². The number of hydrogen-bond donors (Lipinski definition) is 0. The summed E-state index contributed by atoms with van der Waals surface area (Å²) in [6.07, 6.45) is 6.40. The van der Waals surface area contributed by atoms with Crippen molar-refractivity contribution >= 4 is 34.4 Å². The molecule has 0 amide bonds. The minimum Gasteiger partial charge on any atom is -0.325 e. The third-order valence-electron chi connectivity index (χ3n) is 4.10. The Balaban J connectivity index is 2.06. The normalized spacial score (nSPS) is 22.8. The molecule has 2 unspecified atom stereocenters. The fourth-order valence-electron chi connectivity index (χ4n) is 3.15. The number of fused-ring (bicyclic) bond motifs is 1. The van der Waals surface area contributed by atoms with E-state index in [1.807, 2.05) is 11.8 Å². The van der Waals surface area contributed by atoms with Crippen LogP contribution in [0.25, 0.3) is 11.0 Å². The first-order valence-electron chi connectivity index (χ1n) is 6.98. The lowest BCUT2D eigenvalue weighted by Gasteiger charge is -2.16. The van der Waals surface area contributed by atoms with Crippen LogP contribution in [0.4, 0.5) is 4.39 Å². The van der Waals surface area contributed by atoms with E-state index in [2.05, 4.69) is 15.8 Å². The van der Waals surface area contributed by atoms with E-state index in [4.69, 9.17) is 11.6 Å². The molecule has 0 aliphatic heterocycles. The van der Waals surface area contributed by atoms with Gasteiger partial charge in [0, 0.05) is 23.6 Å². The van der Waals surface area contributed by atoms with Crippen molar-refractivity contribution in [1.29, 1.82) is 0 Å². The number of alkyl halides is 1. The van der Waals surface area contributed by atoms with Crippen LogP contribution in [0.3, 0.4) is 0 Å². The summed E-state index contributed by atoms with van der Waals surface area (Å²) in [5, 5.41) is 0.704. The van der Waals surface area contributed by atoms with Crippen LogP contribution in [0.2, 0.25) is 0 Å². The molecule has 1 aromatic carbocycles. The van der Waals surface area contributed by atoms with Crippen LogP contribution < -0.4 is 0 Å². The van der Waals surface area contributed by atoms with Crippen molar-refractivity contribution in [1.82, 2.24) is 9.55 Å². The molecule has 2 aromatic rings. The zero-order chi connectivity index (χ0) is 14.1. The van der Waals surface area contributed by atoms with E-state index in [0.717, 1.165) is 36.1 Å². The van der Waals surface area contributed by atoms with Gasteiger partial charge in [0.05, 0.1) is 11.0 Å². The summed E-state index contributed by atoms with van der Waals surface area (Å²) >= 11 is 7.83. The van der Waals surface area contributed by atoms with Gasteiger partial charge in [-0.25, -0.2) is 9.37 Å². The molecule has 0 bridgehead atoms. The molecule has 1 aliphatic rings. The highest BCUT2D eigenvalue weighted by Crippen LogP contribution is 2.38. The molecule has 3 rings (SSSR count). The van der Waals surface area contributed by atoms with Crippen molar-refractivity contribution in [3.05, 3.63) is 29.8 Å². The fraction of sp³-hybridized carbons (Fsp3) is 0.533. The quantitative estimate of drug-likeness (QED) is 0.778. The first-order valence-corrected chi connectivity index (χ1v) is 8.80. The zero-order valence-electron chi connectivity index (χ0n) is 11.5. The number of nitrogens with zero attached hydrogens (tertiary/aromatic N) is 2. The Morgan fingerprint density at radius 3 is 3.00 bits per heavy atom. The van der Waals surface area contributed by atoms with Crippen LogP contribution in [0.1, 0.15) is 31.1 Å². The smallest absolute Gasteiger partial charge is 0.125 e. The number of aromatic nitrogens is 2. The van der Waals surface area contributed by atoms with Crippen LogP contribution in [-0.4, -0.2) is 26.9 Å². The highest BCUT2D eigenvalue weighted by Gasteiger charge is 2.28. The molecule has 1 heterocycles. The van der Waals surface area contributed by atoms with Crippen molar-refractivity contribution in [2.24, 2.45) is 0 Å². The van der Waals surface area contributed by atoms with Crippen molar-refractivity contribution in [2.45, 2.75) is 37.0 Å². The third kappa shape index (κ3) is 2.56. The van der Waals surface area contributed by atoms with Crippen LogP contribution in [0.5, 0.6) is 0 Å². The molecule has 1 aliphatic carbocycles. The van der Waals surface area contributed by atoms with Gasteiger partial charge in [0.15, 0.2) is 0 Å². The topological polar surface area (TPSA) is 17.8 Å². The second-order valence-electron chi connectivity index (χ2n) is 5.29. The van der Waals surface area contributed by atoms with Crippen LogP contribution >= 0.6 is 23.4 Å². The number of thioether (sulfide) groups is 1. The van der Waals surface area contributed by atoms with Gasteiger partial charge in [-0.1, -0.05) is 0 Å². The maximum Gasteiger partial charge on any atom is 0.125 e. The van der Waals surface area contributed by atoms with Gasteiger partial charge >= 0.3 is 0 Å². The summed E-state index contributed by atoms with van der Waals surface area (Å²) in [7, 11) is 0. The number of benzene rings is 1. The number of rotatable bonds is 4. The monoisotopic (exact) mass is 312 g/mol. The SMILES string of the molecule is CSC1CCC(n2c(CCCl)nc3ccc(F)cc32)C1. The minimum atomic E-state index is -0.199. The number of halogens is 2. The van der Waals surface area contributed by atoms with E-state index in [1.54, 1.807) is 12.1 Å². The van der Waals surface area contributed by atoms with Crippen LogP contribution in [-0.2, 0) is 6.42 Å². The van der Waals surface area contributed by atoms with Gasteiger partial charge in [0.1, 0.15) is 11.6 Å². The Morgan fingerprint density at radius 1 is 1.45 bits per heavy atom. The summed E-state index contributed by atoms with van der Waals surface area (Å²) in [5.41, 5.74) is 1.79. The molecular formula is C15H18ClFN2S. The Hall–Kier alpha value is -0.740. The Bertz CT molecular complexity index is 613. The van der Waals surface area contributed by atoms with Crippen LogP contribution in [0, 0.1) is 5.82 Å². The van der Waals surface area contributed by atoms with Crippen molar-refractivity contribution in [3.63, 3.8) is 0 Å². The van der Waals surface area contributed by atoms with E-state index in [9.17, 15) is 4.39 Å². The molecule has 1 fully saturated rings. The predicted molar refractivity (Wildman–Crippen MR) is 84.3 cm³/mol. The minimum absolute atomic E-state index is 0.199. The summed E-state index contributed by atoms with van der Waals surface area (Å²) in [4.78, 5) is 4.64. The molecule has 0 spiro atoms. The maximum atomic E-state index is 13.6. The van der Waals surface area contributed by atoms with E-state index < -0.39 is 0 Å². The molecule has 0 N–H and O–H groups in total. The Labute approximate surface area is 127 Å². The highest BCUT2D eigenvalue weighted by molar-refractivity contribution is 7.99. The second-order valence-corrected chi connectivity index (χ2v) is 6.81. The largest absolute Gasteiger partial charge is 0.325 e. The number of hydrogen-bond acceptors (Lipinski definition) is 2. The van der Waals surface area contributed by atoms with Gasteiger partial charge in [-0.2, -0.15) is 11.8 Å². The van der Waals surface area contributed by atoms with E-state index in [0.29, 0.717) is 17.2 Å². The standard InChI is InChI=1S/C15H18ClFN2S/c1-20-12-4-3-11(9-12)19-14-8-10(17)2-5-13(14)18-15(19)6-7-16/h2,5,8,11-12H,3-4,6-7,9H2,1H3. The fourth-order valence-corrected chi connectivity index (χ4v) is 4.11. The third-order valence-corrected chi connectivity index (χ3v) is 5.38. The predicted octanol–water partition coefficient (Wildman–Crippen LogP) is 4.41. The zero-order valence-corrected chi connectivity index (χ0v) is 13.1. The lowest BCUT2D eigenvalue weighted by Crippen LogP contribution is -2.11. The summed E-state index contributed by atoms with van der Waals surface area (Å²) < 4.78 is 15.8. The number of aryl methyl sites for hydroxylation is 1. The first kappa shape index (κ1) is 14.2. The van der Waals surface area contributed by atoms with E-state index in [1.165, 1.54) is 12.5 Å². The molecule has 5 heteroatoms. The van der Waals surface area contributed by atoms with Crippen LogP contribution in [0.15, 0.2) is 18.2 Å². The molecule has 2 atom stereocenters. The summed E-state index contributed by atoms with van der Waals surface area (Å²) in [6.45, 7) is 0. The molecule has 0 saturated heterocycles. The van der Waals surface area contributed by atoms with Gasteiger partial charge in [-0.15, -0.1) is 11.6 Å². The molecule has 20 heavy (non-hydrogen) atoms. The maximum absolute atomic E-state index is 13.6.